The van der Waals surface area contributed by atoms with E-state index >= 15 is 0 Å². The molecule has 5 rings (SSSR count). The van der Waals surface area contributed by atoms with Gasteiger partial charge in [-0.2, -0.15) is 0 Å². The number of halogens is 2. The van der Waals surface area contributed by atoms with Gasteiger partial charge in [-0.25, -0.2) is 14.4 Å². The Balaban J connectivity index is 0.00000274. The fourth-order valence-corrected chi connectivity index (χ4v) is 5.23. The summed E-state index contributed by atoms with van der Waals surface area (Å²) in [4.78, 5) is 21.1. The van der Waals surface area contributed by atoms with Gasteiger partial charge in [-0.1, -0.05) is 47.7 Å². The largest absolute Gasteiger partial charge is 0.481 e. The van der Waals surface area contributed by atoms with E-state index in [2.05, 4.69) is 40.6 Å². The number of aliphatic carboxylic acids is 1. The van der Waals surface area contributed by atoms with Gasteiger partial charge >= 0.3 is 5.97 Å². The predicted octanol–water partition coefficient (Wildman–Crippen LogP) is 6.12. The summed E-state index contributed by atoms with van der Waals surface area (Å²) in [6, 6.07) is 19.4. The molecule has 0 radical (unpaired) electrons. The van der Waals surface area contributed by atoms with Crippen molar-refractivity contribution in [2.75, 3.05) is 6.54 Å². The van der Waals surface area contributed by atoms with Crippen LogP contribution in [0, 0.1) is 5.82 Å². The van der Waals surface area contributed by atoms with Crippen LogP contribution in [0.15, 0.2) is 60.7 Å². The number of aromatic nitrogens is 2. The van der Waals surface area contributed by atoms with Gasteiger partial charge in [0.05, 0.1) is 12.1 Å². The SMILES string of the molecule is C[C@@H](NCCC(=O)O)c1ccc(-c2nc3ccc(C4(c5ccccc5)CC4)nc3s2)c(F)c1.Cl. The van der Waals surface area contributed by atoms with E-state index in [1.807, 2.05) is 25.1 Å². The Kier molecular flexibility index (Phi) is 6.98. The molecular weight excluding hydrogens is 473 g/mol. The predicted molar refractivity (Wildman–Crippen MR) is 135 cm³/mol. The van der Waals surface area contributed by atoms with E-state index in [1.165, 1.54) is 23.0 Å². The average molecular weight is 498 g/mol. The molecule has 2 aromatic heterocycles. The second-order valence-electron chi connectivity index (χ2n) is 8.55. The van der Waals surface area contributed by atoms with Crippen LogP contribution >= 0.6 is 23.7 Å². The molecular formula is C26H25ClFN3O2S. The van der Waals surface area contributed by atoms with Crippen LogP contribution in [0.3, 0.4) is 0 Å². The molecule has 0 amide bonds. The summed E-state index contributed by atoms with van der Waals surface area (Å²) in [6.07, 6.45) is 2.18. The van der Waals surface area contributed by atoms with Crippen LogP contribution in [-0.2, 0) is 10.2 Å². The number of thiazole rings is 1. The first-order valence-corrected chi connectivity index (χ1v) is 11.9. The third kappa shape index (κ3) is 4.69. The minimum Gasteiger partial charge on any atom is -0.481 e. The minimum absolute atomic E-state index is 0. The number of nitrogens with zero attached hydrogens (tertiary/aromatic N) is 2. The Morgan fingerprint density at radius 3 is 2.59 bits per heavy atom. The van der Waals surface area contributed by atoms with Crippen molar-refractivity contribution in [1.29, 1.82) is 0 Å². The first-order chi connectivity index (χ1) is 16.0. The van der Waals surface area contributed by atoms with Crippen LogP contribution in [0.2, 0.25) is 0 Å². The van der Waals surface area contributed by atoms with Gasteiger partial charge in [-0.05, 0) is 55.2 Å². The lowest BCUT2D eigenvalue weighted by atomic mass is 9.92. The average Bonchev–Trinajstić information content (AvgIpc) is 3.52. The number of carbonyl (C=O) groups is 1. The number of hydrogen-bond donors (Lipinski definition) is 2. The summed E-state index contributed by atoms with van der Waals surface area (Å²) in [5, 5.41) is 12.5. The van der Waals surface area contributed by atoms with Crippen LogP contribution in [0.1, 0.15) is 49.0 Å². The van der Waals surface area contributed by atoms with Gasteiger partial charge in [0, 0.05) is 23.6 Å². The first kappa shape index (κ1) is 24.3. The number of carboxylic acid groups (broad SMARTS) is 1. The monoisotopic (exact) mass is 497 g/mol. The van der Waals surface area contributed by atoms with Crippen LogP contribution in [0.4, 0.5) is 4.39 Å². The maximum absolute atomic E-state index is 15.0. The van der Waals surface area contributed by atoms with Gasteiger partial charge < -0.3 is 10.4 Å². The Labute approximate surface area is 207 Å². The molecule has 176 valence electrons. The molecule has 0 bridgehead atoms. The molecule has 2 heterocycles. The Bertz CT molecular complexity index is 1320. The van der Waals surface area contributed by atoms with E-state index in [0.29, 0.717) is 17.1 Å². The van der Waals surface area contributed by atoms with E-state index in [4.69, 9.17) is 10.1 Å². The van der Waals surface area contributed by atoms with Crippen molar-refractivity contribution in [3.8, 4) is 10.6 Å². The Hall–Kier alpha value is -2.87. The molecule has 0 saturated heterocycles. The second kappa shape index (κ2) is 9.78. The molecule has 1 aliphatic carbocycles. The molecule has 5 nitrogen and oxygen atoms in total. The molecule has 0 spiro atoms. The highest BCUT2D eigenvalue weighted by atomic mass is 35.5. The molecule has 0 aliphatic heterocycles. The molecule has 4 aromatic rings. The van der Waals surface area contributed by atoms with E-state index in [0.717, 1.165) is 34.4 Å². The smallest absolute Gasteiger partial charge is 0.304 e. The maximum Gasteiger partial charge on any atom is 0.304 e. The normalized spacial score (nSPS) is 15.0. The second-order valence-corrected chi connectivity index (χ2v) is 9.52. The van der Waals surface area contributed by atoms with E-state index in [1.54, 1.807) is 6.07 Å². The molecule has 8 heteroatoms. The summed E-state index contributed by atoms with van der Waals surface area (Å²) < 4.78 is 15.0. The number of carboxylic acids is 1. The lowest BCUT2D eigenvalue weighted by Gasteiger charge is -2.14. The number of nitrogens with one attached hydrogen (secondary N) is 1. The molecule has 0 unspecified atom stereocenters. The Morgan fingerprint density at radius 1 is 1.15 bits per heavy atom. The van der Waals surface area contributed by atoms with E-state index in [9.17, 15) is 9.18 Å². The topological polar surface area (TPSA) is 75.1 Å². The van der Waals surface area contributed by atoms with Crippen LogP contribution in [-0.4, -0.2) is 27.6 Å². The molecule has 1 saturated carbocycles. The van der Waals surface area contributed by atoms with Crippen molar-refractivity contribution in [2.45, 2.75) is 37.6 Å². The number of rotatable bonds is 8. The van der Waals surface area contributed by atoms with Crippen LogP contribution in [0.5, 0.6) is 0 Å². The lowest BCUT2D eigenvalue weighted by molar-refractivity contribution is -0.136. The van der Waals surface area contributed by atoms with Gasteiger partial charge in [-0.3, -0.25) is 4.79 Å². The third-order valence-electron chi connectivity index (χ3n) is 6.34. The van der Waals surface area contributed by atoms with Gasteiger partial charge in [0.25, 0.3) is 0 Å². The fourth-order valence-electron chi connectivity index (χ4n) is 4.26. The summed E-state index contributed by atoms with van der Waals surface area (Å²) in [6.45, 7) is 2.22. The van der Waals surface area contributed by atoms with E-state index in [-0.39, 0.29) is 36.1 Å². The van der Waals surface area contributed by atoms with Gasteiger partial charge in [0.1, 0.15) is 21.2 Å². The van der Waals surface area contributed by atoms with Gasteiger partial charge in [0.2, 0.25) is 0 Å². The molecule has 34 heavy (non-hydrogen) atoms. The zero-order chi connectivity index (χ0) is 23.0. The molecule has 1 aliphatic rings. The summed E-state index contributed by atoms with van der Waals surface area (Å²) >= 11 is 1.41. The van der Waals surface area contributed by atoms with E-state index < -0.39 is 5.97 Å². The number of benzene rings is 2. The number of hydrogen-bond acceptors (Lipinski definition) is 5. The standard InChI is InChI=1S/C26H24FN3O2S.ClH/c1-16(28-14-11-23(31)32)17-7-8-19(20(27)15-17)24-29-21-9-10-22(30-25(21)33-24)26(12-13-26)18-5-3-2-4-6-18;/h2-10,15-16,28H,11-14H2,1H3,(H,31,32);1H/t16-;/m1./s1. The van der Waals surface area contributed by atoms with Crippen LogP contribution < -0.4 is 5.32 Å². The van der Waals surface area contributed by atoms with Gasteiger partial charge in [0.15, 0.2) is 0 Å². The highest BCUT2D eigenvalue weighted by Crippen LogP contribution is 2.53. The summed E-state index contributed by atoms with van der Waals surface area (Å²) in [7, 11) is 0. The van der Waals surface area contributed by atoms with Crippen LogP contribution in [0.25, 0.3) is 20.9 Å². The zero-order valence-electron chi connectivity index (χ0n) is 18.6. The van der Waals surface area contributed by atoms with Crippen molar-refractivity contribution in [2.24, 2.45) is 0 Å². The first-order valence-electron chi connectivity index (χ1n) is 11.0. The number of pyridine rings is 1. The van der Waals surface area contributed by atoms with Crippen molar-refractivity contribution in [3.05, 3.63) is 83.3 Å². The van der Waals surface area contributed by atoms with Crippen molar-refractivity contribution < 1.29 is 14.3 Å². The Morgan fingerprint density at radius 2 is 1.91 bits per heavy atom. The molecule has 2 N–H and O–H groups in total. The zero-order valence-corrected chi connectivity index (χ0v) is 20.3. The fraction of sp³-hybridized carbons (Fsp3) is 0.269. The minimum atomic E-state index is -0.861. The van der Waals surface area contributed by atoms with Crippen molar-refractivity contribution in [1.82, 2.24) is 15.3 Å². The summed E-state index contributed by atoms with van der Waals surface area (Å²) in [5.41, 5.74) is 4.31. The molecule has 2 aromatic carbocycles. The molecule has 1 atom stereocenters. The third-order valence-corrected chi connectivity index (χ3v) is 7.33. The maximum atomic E-state index is 15.0. The highest BCUT2D eigenvalue weighted by molar-refractivity contribution is 7.21. The highest BCUT2D eigenvalue weighted by Gasteiger charge is 2.47. The molecule has 1 fully saturated rings. The van der Waals surface area contributed by atoms with Gasteiger partial charge in [-0.15, -0.1) is 12.4 Å². The van der Waals surface area contributed by atoms with Crippen molar-refractivity contribution >= 4 is 40.1 Å². The summed E-state index contributed by atoms with van der Waals surface area (Å²) in [5.74, 6) is -1.21. The number of fused-ring (bicyclic) bond motifs is 1. The van der Waals surface area contributed by atoms with Crippen molar-refractivity contribution in [3.63, 3.8) is 0 Å². The lowest BCUT2D eigenvalue weighted by Crippen LogP contribution is -2.22. The quantitative estimate of drug-likeness (QED) is 0.306.